The number of benzene rings is 1. The van der Waals surface area contributed by atoms with Gasteiger partial charge in [0.05, 0.1) is 0 Å². The molecule has 1 saturated heterocycles. The molecule has 0 spiro atoms. The van der Waals surface area contributed by atoms with Gasteiger partial charge in [0.25, 0.3) is 0 Å². The topological polar surface area (TPSA) is 32.3 Å². The van der Waals surface area contributed by atoms with Crippen LogP contribution in [0.1, 0.15) is 43.2 Å². The summed E-state index contributed by atoms with van der Waals surface area (Å²) in [4.78, 5) is 14.7. The normalized spacial score (nSPS) is 20.4. The van der Waals surface area contributed by atoms with Crippen LogP contribution in [-0.2, 0) is 11.3 Å². The summed E-state index contributed by atoms with van der Waals surface area (Å²) in [5.41, 5.74) is 2.46. The first-order valence-electron chi connectivity index (χ1n) is 8.27. The van der Waals surface area contributed by atoms with Crippen LogP contribution in [0, 0.1) is 12.8 Å². The average Bonchev–Trinajstić information content (AvgIpc) is 3.32. The van der Waals surface area contributed by atoms with E-state index in [1.165, 1.54) is 49.9 Å². The molecule has 1 aromatic rings. The van der Waals surface area contributed by atoms with Crippen LogP contribution in [0.3, 0.4) is 0 Å². The van der Waals surface area contributed by atoms with Gasteiger partial charge in [-0.1, -0.05) is 24.3 Å². The van der Waals surface area contributed by atoms with E-state index in [1.54, 1.807) is 0 Å². The Labute approximate surface area is 127 Å². The summed E-state index contributed by atoms with van der Waals surface area (Å²) >= 11 is 0. The molecule has 0 bridgehead atoms. The first-order chi connectivity index (χ1) is 10.2. The summed E-state index contributed by atoms with van der Waals surface area (Å²) in [7, 11) is 0. The van der Waals surface area contributed by atoms with Gasteiger partial charge in [0.2, 0.25) is 5.91 Å². The zero-order valence-corrected chi connectivity index (χ0v) is 13.0. The van der Waals surface area contributed by atoms with Crippen LogP contribution < -0.4 is 5.32 Å². The number of likely N-dealkylation sites (tertiary alicyclic amines) is 1. The van der Waals surface area contributed by atoms with E-state index in [4.69, 9.17) is 0 Å². The van der Waals surface area contributed by atoms with Crippen LogP contribution in [0.5, 0.6) is 0 Å². The summed E-state index contributed by atoms with van der Waals surface area (Å²) in [5.74, 6) is 0.792. The van der Waals surface area contributed by atoms with Crippen molar-refractivity contribution in [2.75, 3.05) is 13.1 Å². The van der Waals surface area contributed by atoms with E-state index < -0.39 is 0 Å². The van der Waals surface area contributed by atoms with Crippen LogP contribution in [0.15, 0.2) is 24.3 Å². The molecule has 2 fully saturated rings. The van der Waals surface area contributed by atoms with Crippen molar-refractivity contribution in [1.82, 2.24) is 10.2 Å². The number of carbonyl (C=O) groups excluding carboxylic acids is 1. The van der Waals surface area contributed by atoms with E-state index in [0.717, 1.165) is 6.04 Å². The molecular weight excluding hydrogens is 260 g/mol. The fourth-order valence-corrected chi connectivity index (χ4v) is 3.30. The number of nitrogens with zero attached hydrogens (tertiary/aromatic N) is 1. The highest BCUT2D eigenvalue weighted by Gasteiger charge is 2.32. The lowest BCUT2D eigenvalue weighted by Gasteiger charge is -2.31. The summed E-state index contributed by atoms with van der Waals surface area (Å²) < 4.78 is 0. The maximum atomic E-state index is 12.1. The quantitative estimate of drug-likeness (QED) is 0.902. The highest BCUT2D eigenvalue weighted by Crippen LogP contribution is 2.31. The van der Waals surface area contributed by atoms with Crippen molar-refractivity contribution >= 4 is 5.91 Å². The molecule has 1 aromatic carbocycles. The SMILES string of the molecule is Cc1ccccc1CNC(=O)CC1CCN(C2CC2)CC1. The Morgan fingerprint density at radius 1 is 1.19 bits per heavy atom. The molecule has 1 N–H and O–H groups in total. The lowest BCUT2D eigenvalue weighted by molar-refractivity contribution is -0.122. The number of amides is 1. The molecule has 1 saturated carbocycles. The van der Waals surface area contributed by atoms with Crippen LogP contribution in [0.2, 0.25) is 0 Å². The number of hydrogen-bond acceptors (Lipinski definition) is 2. The maximum absolute atomic E-state index is 12.1. The summed E-state index contributed by atoms with van der Waals surface area (Å²) in [6.07, 6.45) is 5.86. The van der Waals surface area contributed by atoms with Crippen LogP contribution in [-0.4, -0.2) is 29.9 Å². The molecule has 0 atom stereocenters. The van der Waals surface area contributed by atoms with Gasteiger partial charge in [-0.05, 0) is 62.7 Å². The fourth-order valence-electron chi connectivity index (χ4n) is 3.30. The molecule has 0 unspecified atom stereocenters. The van der Waals surface area contributed by atoms with Crippen molar-refractivity contribution in [3.05, 3.63) is 35.4 Å². The molecule has 0 radical (unpaired) electrons. The Hall–Kier alpha value is -1.35. The molecule has 2 aliphatic rings. The molecule has 1 heterocycles. The van der Waals surface area contributed by atoms with E-state index in [9.17, 15) is 4.79 Å². The van der Waals surface area contributed by atoms with Crippen molar-refractivity contribution in [2.24, 2.45) is 5.92 Å². The van der Waals surface area contributed by atoms with Crippen LogP contribution in [0.25, 0.3) is 0 Å². The fraction of sp³-hybridized carbons (Fsp3) is 0.611. The van der Waals surface area contributed by atoms with Gasteiger partial charge in [-0.2, -0.15) is 0 Å². The van der Waals surface area contributed by atoms with Gasteiger partial charge >= 0.3 is 0 Å². The number of aryl methyl sites for hydroxylation is 1. The van der Waals surface area contributed by atoms with Crippen molar-refractivity contribution < 1.29 is 4.79 Å². The van der Waals surface area contributed by atoms with Crippen LogP contribution >= 0.6 is 0 Å². The third-order valence-corrected chi connectivity index (χ3v) is 4.92. The lowest BCUT2D eigenvalue weighted by Crippen LogP contribution is -2.37. The minimum atomic E-state index is 0.211. The second-order valence-corrected chi connectivity index (χ2v) is 6.62. The van der Waals surface area contributed by atoms with Gasteiger partial charge < -0.3 is 10.2 Å². The van der Waals surface area contributed by atoms with Crippen molar-refractivity contribution in [3.8, 4) is 0 Å². The third kappa shape index (κ3) is 4.07. The van der Waals surface area contributed by atoms with E-state index in [0.29, 0.717) is 18.9 Å². The average molecular weight is 286 g/mol. The summed E-state index contributed by atoms with van der Waals surface area (Å²) in [6, 6.07) is 9.12. The molecule has 1 aliphatic carbocycles. The van der Waals surface area contributed by atoms with Gasteiger partial charge in [-0.3, -0.25) is 4.79 Å². The maximum Gasteiger partial charge on any atom is 0.220 e. The summed E-state index contributed by atoms with van der Waals surface area (Å²) in [5, 5.41) is 3.08. The highest BCUT2D eigenvalue weighted by atomic mass is 16.1. The smallest absolute Gasteiger partial charge is 0.220 e. The van der Waals surface area contributed by atoms with Crippen LogP contribution in [0.4, 0.5) is 0 Å². The Morgan fingerprint density at radius 3 is 2.57 bits per heavy atom. The third-order valence-electron chi connectivity index (χ3n) is 4.92. The molecule has 3 heteroatoms. The van der Waals surface area contributed by atoms with E-state index in [-0.39, 0.29) is 5.91 Å². The van der Waals surface area contributed by atoms with Crippen molar-refractivity contribution in [2.45, 2.75) is 51.6 Å². The largest absolute Gasteiger partial charge is 0.352 e. The van der Waals surface area contributed by atoms with Gasteiger partial charge in [-0.25, -0.2) is 0 Å². The summed E-state index contributed by atoms with van der Waals surface area (Å²) in [6.45, 7) is 5.14. The zero-order valence-electron chi connectivity index (χ0n) is 13.0. The molecule has 3 rings (SSSR count). The number of carbonyl (C=O) groups is 1. The number of hydrogen-bond donors (Lipinski definition) is 1. The predicted molar refractivity (Wildman–Crippen MR) is 85.0 cm³/mol. The minimum Gasteiger partial charge on any atom is -0.352 e. The predicted octanol–water partition coefficient (Wildman–Crippen LogP) is 2.88. The Bertz CT molecular complexity index is 488. The lowest BCUT2D eigenvalue weighted by atomic mass is 9.93. The molecule has 0 aromatic heterocycles. The molecular formula is C18H26N2O. The first-order valence-corrected chi connectivity index (χ1v) is 8.27. The molecule has 3 nitrogen and oxygen atoms in total. The van der Waals surface area contributed by atoms with Gasteiger partial charge in [0.15, 0.2) is 0 Å². The van der Waals surface area contributed by atoms with E-state index in [2.05, 4.69) is 29.3 Å². The van der Waals surface area contributed by atoms with Crippen molar-refractivity contribution in [1.29, 1.82) is 0 Å². The van der Waals surface area contributed by atoms with E-state index in [1.807, 2.05) is 12.1 Å². The Balaban J connectivity index is 1.39. The zero-order chi connectivity index (χ0) is 14.7. The van der Waals surface area contributed by atoms with Gasteiger partial charge in [0, 0.05) is 19.0 Å². The monoisotopic (exact) mass is 286 g/mol. The molecule has 114 valence electrons. The second kappa shape index (κ2) is 6.61. The van der Waals surface area contributed by atoms with Gasteiger partial charge in [-0.15, -0.1) is 0 Å². The number of nitrogens with one attached hydrogen (secondary N) is 1. The Kier molecular flexibility index (Phi) is 4.59. The van der Waals surface area contributed by atoms with Crippen molar-refractivity contribution in [3.63, 3.8) is 0 Å². The van der Waals surface area contributed by atoms with Gasteiger partial charge in [0.1, 0.15) is 0 Å². The number of piperidine rings is 1. The van der Waals surface area contributed by atoms with E-state index >= 15 is 0 Å². The number of rotatable bonds is 5. The first kappa shape index (κ1) is 14.6. The Morgan fingerprint density at radius 2 is 1.90 bits per heavy atom. The second-order valence-electron chi connectivity index (χ2n) is 6.62. The molecule has 21 heavy (non-hydrogen) atoms. The molecule has 1 aliphatic heterocycles. The molecule has 1 amide bonds. The standard InChI is InChI=1S/C18H26N2O/c1-14-4-2-3-5-16(14)13-19-18(21)12-15-8-10-20(11-9-15)17-6-7-17/h2-5,15,17H,6-13H2,1H3,(H,19,21). The minimum absolute atomic E-state index is 0.211. The highest BCUT2D eigenvalue weighted by molar-refractivity contribution is 5.76.